The van der Waals surface area contributed by atoms with E-state index in [0.717, 1.165) is 32.1 Å². The number of carbonyl (C=O) groups excluding carboxylic acids is 4. The van der Waals surface area contributed by atoms with Crippen LogP contribution in [-0.4, -0.2) is 51.9 Å². The maximum Gasteiger partial charge on any atom is 0.271 e. The largest absolute Gasteiger partial charge is 0.349 e. The van der Waals surface area contributed by atoms with Gasteiger partial charge in [-0.05, 0) is 56.1 Å². The molecule has 2 saturated carbocycles. The number of amides is 2. The van der Waals surface area contributed by atoms with Gasteiger partial charge < -0.3 is 15.2 Å². The Hall–Kier alpha value is -2.09. The number of rotatable bonds is 7. The standard InChI is InChI=1S/C27H30Cl3N3O4/c1-2-21(34)19(9-13-5-4-8-22(13)35)32-26(36)25-15-7-3-6-14(15)12-33(25)27(37)20-10-16-17(28)11-18(29)23(30)24(16)31-20/h10-11,13-15,19,25,31H,2-9,12H2,1H3,(H,32,36)/t13-,14-,15-,19-,25-/m0/s1. The van der Waals surface area contributed by atoms with Crippen molar-refractivity contribution in [3.8, 4) is 0 Å². The lowest BCUT2D eigenvalue weighted by molar-refractivity contribution is -0.131. The van der Waals surface area contributed by atoms with Crippen molar-refractivity contribution in [1.29, 1.82) is 0 Å². The highest BCUT2D eigenvalue weighted by Crippen LogP contribution is 2.43. The molecular weight excluding hydrogens is 537 g/mol. The molecule has 1 aliphatic heterocycles. The Labute approximate surface area is 230 Å². The number of fused-ring (bicyclic) bond motifs is 2. The molecule has 2 heterocycles. The molecule has 5 atom stereocenters. The average Bonchev–Trinajstić information content (AvgIpc) is 3.65. The molecule has 0 unspecified atom stereocenters. The Morgan fingerprint density at radius 1 is 1.11 bits per heavy atom. The van der Waals surface area contributed by atoms with Gasteiger partial charge >= 0.3 is 0 Å². The number of hydrogen-bond donors (Lipinski definition) is 2. The first-order valence-corrected chi connectivity index (χ1v) is 14.2. The Morgan fingerprint density at radius 3 is 2.59 bits per heavy atom. The van der Waals surface area contributed by atoms with E-state index in [1.165, 1.54) is 6.07 Å². The van der Waals surface area contributed by atoms with Crippen LogP contribution in [0.4, 0.5) is 0 Å². The summed E-state index contributed by atoms with van der Waals surface area (Å²) in [5.41, 5.74) is 0.745. The second-order valence-corrected chi connectivity index (χ2v) is 11.7. The fourth-order valence-corrected chi connectivity index (χ4v) is 7.23. The third-order valence-electron chi connectivity index (χ3n) is 8.41. The Morgan fingerprint density at radius 2 is 1.89 bits per heavy atom. The van der Waals surface area contributed by atoms with Crippen LogP contribution in [0.3, 0.4) is 0 Å². The zero-order valence-corrected chi connectivity index (χ0v) is 22.9. The SMILES string of the molecule is CCC(=O)[C@H](C[C@@H]1CCCC1=O)NC(=O)[C@@H]1[C@H]2CCC[C@H]2CN1C(=O)c1cc2c(Cl)cc(Cl)c(Cl)c2[nH]1. The van der Waals surface area contributed by atoms with Gasteiger partial charge in [0.1, 0.15) is 17.5 Å². The number of halogens is 3. The second-order valence-electron chi connectivity index (χ2n) is 10.6. The first-order chi connectivity index (χ1) is 17.7. The molecule has 3 aliphatic rings. The Balaban J connectivity index is 1.41. The minimum absolute atomic E-state index is 0.0282. The fraction of sp³-hybridized carbons (Fsp3) is 0.556. The molecule has 0 bridgehead atoms. The molecule has 0 spiro atoms. The van der Waals surface area contributed by atoms with Crippen LogP contribution >= 0.6 is 34.8 Å². The number of carbonyl (C=O) groups is 4. The van der Waals surface area contributed by atoms with Gasteiger partial charge in [0.05, 0.1) is 26.6 Å². The van der Waals surface area contributed by atoms with E-state index in [0.29, 0.717) is 35.3 Å². The number of Topliss-reactive ketones (excluding diaryl/α,β-unsaturated/α-hetero) is 2. The normalized spacial score (nSPS) is 26.1. The van der Waals surface area contributed by atoms with Gasteiger partial charge in [-0.15, -0.1) is 0 Å². The van der Waals surface area contributed by atoms with Gasteiger partial charge in [0.25, 0.3) is 5.91 Å². The Kier molecular flexibility index (Phi) is 7.58. The van der Waals surface area contributed by atoms with Crippen molar-refractivity contribution < 1.29 is 19.2 Å². The molecule has 3 fully saturated rings. The quantitative estimate of drug-likeness (QED) is 0.427. The lowest BCUT2D eigenvalue weighted by Crippen LogP contribution is -2.53. The molecule has 198 valence electrons. The summed E-state index contributed by atoms with van der Waals surface area (Å²) < 4.78 is 0. The number of nitrogens with one attached hydrogen (secondary N) is 2. The number of hydrogen-bond acceptors (Lipinski definition) is 4. The predicted octanol–water partition coefficient (Wildman–Crippen LogP) is 5.59. The van der Waals surface area contributed by atoms with E-state index in [9.17, 15) is 19.2 Å². The maximum absolute atomic E-state index is 13.8. The van der Waals surface area contributed by atoms with Gasteiger partial charge in [-0.1, -0.05) is 48.1 Å². The molecule has 0 radical (unpaired) electrons. The molecule has 5 rings (SSSR count). The van der Waals surface area contributed by atoms with Crippen LogP contribution in [-0.2, 0) is 14.4 Å². The first kappa shape index (κ1) is 26.5. The number of H-pyrrole nitrogens is 1. The fourth-order valence-electron chi connectivity index (χ4n) is 6.50. The van der Waals surface area contributed by atoms with Crippen LogP contribution in [0.5, 0.6) is 0 Å². The van der Waals surface area contributed by atoms with Crippen molar-refractivity contribution in [3.05, 3.63) is 32.9 Å². The van der Waals surface area contributed by atoms with E-state index >= 15 is 0 Å². The van der Waals surface area contributed by atoms with E-state index in [-0.39, 0.29) is 63.3 Å². The number of nitrogens with zero attached hydrogens (tertiary/aromatic N) is 1. The number of benzene rings is 1. The molecular formula is C27H30Cl3N3O4. The zero-order valence-electron chi connectivity index (χ0n) is 20.6. The Bertz CT molecular complexity index is 1280. The third-order valence-corrected chi connectivity index (χ3v) is 9.51. The maximum atomic E-state index is 13.8. The summed E-state index contributed by atoms with van der Waals surface area (Å²) in [7, 11) is 0. The highest BCUT2D eigenvalue weighted by Gasteiger charge is 2.50. The van der Waals surface area contributed by atoms with Crippen LogP contribution in [0.1, 0.15) is 68.8 Å². The molecule has 2 aliphatic carbocycles. The van der Waals surface area contributed by atoms with Gasteiger partial charge in [-0.3, -0.25) is 19.2 Å². The molecule has 2 aromatic rings. The molecule has 37 heavy (non-hydrogen) atoms. The number of likely N-dealkylation sites (tertiary alicyclic amines) is 1. The molecule has 7 nitrogen and oxygen atoms in total. The van der Waals surface area contributed by atoms with Crippen molar-refractivity contribution in [2.75, 3.05) is 6.54 Å². The van der Waals surface area contributed by atoms with Crippen LogP contribution in [0.15, 0.2) is 12.1 Å². The second kappa shape index (κ2) is 10.6. The summed E-state index contributed by atoms with van der Waals surface area (Å²) in [5.74, 6) is -0.526. The minimum Gasteiger partial charge on any atom is -0.349 e. The summed E-state index contributed by atoms with van der Waals surface area (Å²) in [5, 5.41) is 4.45. The minimum atomic E-state index is -0.727. The summed E-state index contributed by atoms with van der Waals surface area (Å²) in [6.07, 6.45) is 5.50. The van der Waals surface area contributed by atoms with Gasteiger partial charge in [-0.2, -0.15) is 0 Å². The van der Waals surface area contributed by atoms with Gasteiger partial charge in [0.15, 0.2) is 5.78 Å². The summed E-state index contributed by atoms with van der Waals surface area (Å²) in [4.78, 5) is 57.2. The van der Waals surface area contributed by atoms with Crippen LogP contribution < -0.4 is 5.32 Å². The number of ketones is 2. The lowest BCUT2D eigenvalue weighted by Gasteiger charge is -2.29. The van der Waals surface area contributed by atoms with Crippen molar-refractivity contribution in [1.82, 2.24) is 15.2 Å². The van der Waals surface area contributed by atoms with Crippen molar-refractivity contribution in [2.24, 2.45) is 17.8 Å². The summed E-state index contributed by atoms with van der Waals surface area (Å²) in [6, 6.07) is 1.76. The molecule has 2 amide bonds. The molecule has 1 aromatic heterocycles. The molecule has 1 saturated heterocycles. The monoisotopic (exact) mass is 565 g/mol. The lowest BCUT2D eigenvalue weighted by atomic mass is 9.91. The van der Waals surface area contributed by atoms with Crippen molar-refractivity contribution in [3.63, 3.8) is 0 Å². The smallest absolute Gasteiger partial charge is 0.271 e. The van der Waals surface area contributed by atoms with E-state index < -0.39 is 12.1 Å². The summed E-state index contributed by atoms with van der Waals surface area (Å²) in [6.45, 7) is 2.22. The highest BCUT2D eigenvalue weighted by atomic mass is 35.5. The van der Waals surface area contributed by atoms with Crippen LogP contribution in [0.25, 0.3) is 10.9 Å². The van der Waals surface area contributed by atoms with Crippen molar-refractivity contribution >= 4 is 69.1 Å². The van der Waals surface area contributed by atoms with Crippen molar-refractivity contribution in [2.45, 2.75) is 70.4 Å². The van der Waals surface area contributed by atoms with E-state index in [4.69, 9.17) is 34.8 Å². The topological polar surface area (TPSA) is 99.3 Å². The van der Waals surface area contributed by atoms with Gasteiger partial charge in [-0.25, -0.2) is 0 Å². The number of aromatic nitrogens is 1. The van der Waals surface area contributed by atoms with E-state index in [1.807, 2.05) is 0 Å². The molecule has 1 aromatic carbocycles. The predicted molar refractivity (Wildman–Crippen MR) is 143 cm³/mol. The zero-order chi connectivity index (χ0) is 26.4. The highest BCUT2D eigenvalue weighted by molar-refractivity contribution is 6.47. The van der Waals surface area contributed by atoms with E-state index in [2.05, 4.69) is 10.3 Å². The third kappa shape index (κ3) is 4.90. The molecule has 2 N–H and O–H groups in total. The summed E-state index contributed by atoms with van der Waals surface area (Å²) >= 11 is 18.8. The van der Waals surface area contributed by atoms with Crippen LogP contribution in [0, 0.1) is 17.8 Å². The van der Waals surface area contributed by atoms with E-state index in [1.54, 1.807) is 17.9 Å². The first-order valence-electron chi connectivity index (χ1n) is 13.0. The average molecular weight is 567 g/mol. The van der Waals surface area contributed by atoms with Gasteiger partial charge in [0, 0.05) is 30.7 Å². The van der Waals surface area contributed by atoms with Gasteiger partial charge in [0.2, 0.25) is 5.91 Å². The number of aromatic amines is 1. The molecule has 10 heteroatoms. The van der Waals surface area contributed by atoms with Crippen LogP contribution in [0.2, 0.25) is 15.1 Å².